The third-order valence-electron chi connectivity index (χ3n) is 17.6. The fourth-order valence-electron chi connectivity index (χ4n) is 14.8. The van der Waals surface area contributed by atoms with Crippen LogP contribution in [0, 0.1) is 0 Å². The molecule has 17 rings (SSSR count). The first-order valence-electron chi connectivity index (χ1n) is 26.6. The summed E-state index contributed by atoms with van der Waals surface area (Å²) < 4.78 is 2.59. The maximum absolute atomic E-state index is 2.59. The van der Waals surface area contributed by atoms with Crippen LogP contribution in [0.15, 0.2) is 279 Å². The Morgan fingerprint density at radius 1 is 0.276 bits per heavy atom. The van der Waals surface area contributed by atoms with Crippen LogP contribution < -0.4 is 4.90 Å². The first-order chi connectivity index (χ1) is 37.7. The predicted molar refractivity (Wildman–Crippen MR) is 313 cm³/mol. The highest BCUT2D eigenvalue weighted by molar-refractivity contribution is 6.13. The van der Waals surface area contributed by atoms with Crippen LogP contribution in [0.1, 0.15) is 44.5 Å². The highest BCUT2D eigenvalue weighted by Gasteiger charge is 2.53. The summed E-state index contributed by atoms with van der Waals surface area (Å²) in [5, 5.41) is 2.53. The summed E-state index contributed by atoms with van der Waals surface area (Å²) in [6, 6.07) is 105. The van der Waals surface area contributed by atoms with E-state index in [1.807, 2.05) is 0 Å². The maximum Gasteiger partial charge on any atom is 0.0754 e. The first kappa shape index (κ1) is 41.7. The van der Waals surface area contributed by atoms with Crippen LogP contribution in [-0.4, -0.2) is 4.57 Å². The number of hydrogen-bond donors (Lipinski definition) is 0. The zero-order valence-corrected chi connectivity index (χ0v) is 41.5. The molecule has 0 fully saturated rings. The van der Waals surface area contributed by atoms with Gasteiger partial charge in [0.1, 0.15) is 0 Å². The second kappa shape index (κ2) is 15.4. The standard InChI is InChI=1S/C74H46N2/c1-2-20-47(21-3-1)48-40-42-49(43-41-48)51-22-9-16-37-67(51)75(69-39-19-35-65-71(69)58-28-8-15-34-63(58)73(65)59-30-11-4-23-52(59)53-24-5-12-31-60(53)73)50-44-45-64-70(46-50)76-68-38-17-10-27-56(68)57-29-18-36-66(72(57)76)74(64)61-32-13-6-25-54(61)55-26-7-14-33-62(55)74/h1-46H. The number of para-hydroxylation sites is 3. The molecule has 3 aliphatic carbocycles. The molecular formula is C74H46N2. The van der Waals surface area contributed by atoms with Gasteiger partial charge in [0.05, 0.1) is 38.9 Å². The second-order valence-electron chi connectivity index (χ2n) is 21.0. The van der Waals surface area contributed by atoms with Gasteiger partial charge >= 0.3 is 0 Å². The number of nitrogens with zero attached hydrogens (tertiary/aromatic N) is 2. The normalized spacial score (nSPS) is 14.0. The fourth-order valence-corrected chi connectivity index (χ4v) is 14.8. The first-order valence-corrected chi connectivity index (χ1v) is 26.6. The van der Waals surface area contributed by atoms with E-state index in [-0.39, 0.29) is 0 Å². The maximum atomic E-state index is 2.59. The van der Waals surface area contributed by atoms with Crippen LogP contribution in [0.4, 0.5) is 17.1 Å². The summed E-state index contributed by atoms with van der Waals surface area (Å²) in [4.78, 5) is 2.59. The van der Waals surface area contributed by atoms with Gasteiger partial charge in [0.15, 0.2) is 0 Å². The van der Waals surface area contributed by atoms with Crippen LogP contribution in [0.5, 0.6) is 0 Å². The lowest BCUT2D eigenvalue weighted by Crippen LogP contribution is -2.33. The second-order valence-corrected chi connectivity index (χ2v) is 21.0. The van der Waals surface area contributed by atoms with Crippen molar-refractivity contribution in [1.29, 1.82) is 0 Å². The lowest BCUT2D eigenvalue weighted by atomic mass is 9.65. The summed E-state index contributed by atoms with van der Waals surface area (Å²) in [5.74, 6) is 0. The summed E-state index contributed by atoms with van der Waals surface area (Å²) in [5.41, 5.74) is 28.9. The van der Waals surface area contributed by atoms with Gasteiger partial charge in [-0.3, -0.25) is 0 Å². The van der Waals surface area contributed by atoms with Crippen molar-refractivity contribution in [3.05, 3.63) is 324 Å². The van der Waals surface area contributed by atoms with Gasteiger partial charge in [-0.25, -0.2) is 0 Å². The van der Waals surface area contributed by atoms with Gasteiger partial charge in [0, 0.05) is 27.6 Å². The third kappa shape index (κ3) is 5.20. The Labute approximate surface area is 441 Å². The number of rotatable bonds is 5. The van der Waals surface area contributed by atoms with Crippen molar-refractivity contribution in [3.63, 3.8) is 0 Å². The number of hydrogen-bond acceptors (Lipinski definition) is 1. The Hall–Kier alpha value is -9.76. The molecule has 2 heteroatoms. The van der Waals surface area contributed by atoms with E-state index in [1.165, 1.54) is 117 Å². The molecule has 2 nitrogen and oxygen atoms in total. The van der Waals surface area contributed by atoms with E-state index in [4.69, 9.17) is 0 Å². The van der Waals surface area contributed by atoms with E-state index >= 15 is 0 Å². The number of fused-ring (bicyclic) bond motifs is 22. The molecule has 1 aromatic heterocycles. The molecular weight excluding hydrogens is 917 g/mol. The molecule has 0 saturated carbocycles. The lowest BCUT2D eigenvalue weighted by molar-refractivity contribution is 0.748. The molecule has 13 aromatic rings. The van der Waals surface area contributed by atoms with E-state index in [2.05, 4.69) is 289 Å². The smallest absolute Gasteiger partial charge is 0.0754 e. The topological polar surface area (TPSA) is 8.17 Å². The van der Waals surface area contributed by atoms with Crippen LogP contribution in [-0.2, 0) is 10.8 Å². The van der Waals surface area contributed by atoms with Crippen LogP contribution >= 0.6 is 0 Å². The molecule has 0 amide bonds. The lowest BCUT2D eigenvalue weighted by Gasteiger charge is -2.40. The minimum absolute atomic E-state index is 0.502. The summed E-state index contributed by atoms with van der Waals surface area (Å²) >= 11 is 0. The Morgan fingerprint density at radius 3 is 1.38 bits per heavy atom. The number of anilines is 3. The predicted octanol–water partition coefficient (Wildman–Crippen LogP) is 18.6. The Balaban J connectivity index is 0.983. The van der Waals surface area contributed by atoms with E-state index in [0.29, 0.717) is 0 Å². The van der Waals surface area contributed by atoms with Crippen molar-refractivity contribution in [1.82, 2.24) is 4.57 Å². The van der Waals surface area contributed by atoms with E-state index < -0.39 is 10.8 Å². The Morgan fingerprint density at radius 2 is 0.724 bits per heavy atom. The Kier molecular flexibility index (Phi) is 8.44. The zero-order valence-electron chi connectivity index (χ0n) is 41.5. The van der Waals surface area contributed by atoms with Crippen molar-refractivity contribution in [3.8, 4) is 61.3 Å². The van der Waals surface area contributed by atoms with Gasteiger partial charge in [0.2, 0.25) is 0 Å². The molecule has 0 saturated heterocycles. The van der Waals surface area contributed by atoms with E-state index in [1.54, 1.807) is 0 Å². The van der Waals surface area contributed by atoms with Crippen molar-refractivity contribution in [2.45, 2.75) is 10.8 Å². The molecule has 0 atom stereocenters. The molecule has 0 bridgehead atoms. The zero-order chi connectivity index (χ0) is 49.7. The minimum atomic E-state index is -0.559. The van der Waals surface area contributed by atoms with Crippen molar-refractivity contribution >= 4 is 38.9 Å². The number of aromatic nitrogens is 1. The molecule has 1 aliphatic heterocycles. The van der Waals surface area contributed by atoms with E-state index in [9.17, 15) is 0 Å². The SMILES string of the molecule is c1ccc(-c2ccc(-c3ccccc3N(c3ccc4c(c3)-n3c5ccccc5c5cccc(c53)C43c4ccccc4-c4ccccc43)c3cccc4c3-c3ccccc3C43c4ccccc4-c4ccccc43)cc2)cc1. The minimum Gasteiger partial charge on any atom is -0.309 e. The van der Waals surface area contributed by atoms with Crippen molar-refractivity contribution < 1.29 is 0 Å². The average molecular weight is 963 g/mol. The Bertz CT molecular complexity index is 4500. The molecule has 4 aliphatic rings. The fraction of sp³-hybridized carbons (Fsp3) is 0.0270. The van der Waals surface area contributed by atoms with Crippen molar-refractivity contribution in [2.24, 2.45) is 0 Å². The molecule has 2 spiro atoms. The van der Waals surface area contributed by atoms with Crippen LogP contribution in [0.2, 0.25) is 0 Å². The molecule has 352 valence electrons. The molecule has 76 heavy (non-hydrogen) atoms. The third-order valence-corrected chi connectivity index (χ3v) is 17.6. The molecule has 12 aromatic carbocycles. The van der Waals surface area contributed by atoms with Gasteiger partial charge in [-0.15, -0.1) is 0 Å². The summed E-state index contributed by atoms with van der Waals surface area (Å²) in [6.07, 6.45) is 0. The molecule has 0 unspecified atom stereocenters. The summed E-state index contributed by atoms with van der Waals surface area (Å²) in [7, 11) is 0. The van der Waals surface area contributed by atoms with Crippen LogP contribution in [0.3, 0.4) is 0 Å². The quantitative estimate of drug-likeness (QED) is 0.167. The molecule has 0 N–H and O–H groups in total. The molecule has 2 heterocycles. The summed E-state index contributed by atoms with van der Waals surface area (Å²) in [6.45, 7) is 0. The largest absolute Gasteiger partial charge is 0.309 e. The number of benzene rings is 12. The van der Waals surface area contributed by atoms with Gasteiger partial charge in [0.25, 0.3) is 0 Å². The van der Waals surface area contributed by atoms with Crippen molar-refractivity contribution in [2.75, 3.05) is 4.90 Å². The molecule has 0 radical (unpaired) electrons. The highest BCUT2D eigenvalue weighted by atomic mass is 15.2. The van der Waals surface area contributed by atoms with Gasteiger partial charge in [-0.1, -0.05) is 249 Å². The monoisotopic (exact) mass is 962 g/mol. The van der Waals surface area contributed by atoms with Gasteiger partial charge in [-0.2, -0.15) is 0 Å². The van der Waals surface area contributed by atoms with Crippen LogP contribution in [0.25, 0.3) is 83.1 Å². The highest BCUT2D eigenvalue weighted by Crippen LogP contribution is 2.66. The van der Waals surface area contributed by atoms with E-state index in [0.717, 1.165) is 28.2 Å². The average Bonchev–Trinajstić information content (AvgIpc) is 4.39. The van der Waals surface area contributed by atoms with Gasteiger partial charge < -0.3 is 9.47 Å². The van der Waals surface area contributed by atoms with Gasteiger partial charge in [-0.05, 0) is 119 Å².